The van der Waals surface area contributed by atoms with Gasteiger partial charge in [-0.05, 0) is 29.2 Å². The largest absolute Gasteiger partial charge is 0.369 e. The maximum atomic E-state index is 13.1. The third-order valence-corrected chi connectivity index (χ3v) is 6.69. The molecule has 0 spiro atoms. The van der Waals surface area contributed by atoms with E-state index in [0.717, 1.165) is 37.3 Å². The van der Waals surface area contributed by atoms with Crippen molar-refractivity contribution in [2.75, 3.05) is 37.6 Å². The molecule has 0 aliphatic carbocycles. The van der Waals surface area contributed by atoms with Gasteiger partial charge >= 0.3 is 0 Å². The summed E-state index contributed by atoms with van der Waals surface area (Å²) < 4.78 is 27.8. The molecule has 0 aromatic heterocycles. The van der Waals surface area contributed by atoms with Crippen molar-refractivity contribution in [3.05, 3.63) is 65.7 Å². The van der Waals surface area contributed by atoms with E-state index in [9.17, 15) is 8.42 Å². The number of nitrogens with zero attached hydrogens (tertiary/aromatic N) is 2. The van der Waals surface area contributed by atoms with E-state index >= 15 is 0 Å². The first-order chi connectivity index (χ1) is 13.4. The Labute approximate surface area is 169 Å². The fraction of sp³-hybridized carbons (Fsp3) is 0.455. The van der Waals surface area contributed by atoms with Crippen molar-refractivity contribution < 1.29 is 8.42 Å². The summed E-state index contributed by atoms with van der Waals surface area (Å²) in [5, 5.41) is 3.36. The summed E-state index contributed by atoms with van der Waals surface area (Å²) in [6.07, 6.45) is 0. The van der Waals surface area contributed by atoms with Gasteiger partial charge in [-0.15, -0.1) is 0 Å². The van der Waals surface area contributed by atoms with Gasteiger partial charge in [-0.3, -0.25) is 0 Å². The van der Waals surface area contributed by atoms with Gasteiger partial charge in [0, 0.05) is 45.0 Å². The average Bonchev–Trinajstić information content (AvgIpc) is 2.69. The smallest absolute Gasteiger partial charge is 0.218 e. The fourth-order valence-corrected chi connectivity index (χ4v) is 5.17. The van der Waals surface area contributed by atoms with Crippen molar-refractivity contribution >= 4 is 15.7 Å². The Morgan fingerprint density at radius 3 is 2.21 bits per heavy atom. The topological polar surface area (TPSA) is 52.6 Å². The molecule has 1 heterocycles. The highest BCUT2D eigenvalue weighted by atomic mass is 32.2. The number of rotatable bonds is 8. The van der Waals surface area contributed by atoms with Crippen LogP contribution in [0, 0.1) is 5.92 Å². The first kappa shape index (κ1) is 20.8. The monoisotopic (exact) mass is 401 g/mol. The van der Waals surface area contributed by atoms with Gasteiger partial charge in [-0.25, -0.2) is 8.42 Å². The molecular formula is C22H31N3O2S. The summed E-state index contributed by atoms with van der Waals surface area (Å²) in [6.45, 7) is 9.05. The minimum absolute atomic E-state index is 0.0411. The maximum Gasteiger partial charge on any atom is 0.218 e. The molecule has 0 amide bonds. The van der Waals surface area contributed by atoms with Crippen molar-refractivity contribution in [2.24, 2.45) is 5.92 Å². The lowest BCUT2D eigenvalue weighted by Crippen LogP contribution is -2.43. The van der Waals surface area contributed by atoms with Gasteiger partial charge in [0.2, 0.25) is 10.0 Å². The normalized spacial score (nSPS) is 15.4. The molecule has 3 rings (SSSR count). The molecule has 1 N–H and O–H groups in total. The quantitative estimate of drug-likeness (QED) is 0.739. The molecule has 1 fully saturated rings. The van der Waals surface area contributed by atoms with Crippen molar-refractivity contribution in [3.63, 3.8) is 0 Å². The van der Waals surface area contributed by atoms with E-state index in [-0.39, 0.29) is 11.7 Å². The van der Waals surface area contributed by atoms with Gasteiger partial charge in [-0.1, -0.05) is 56.3 Å². The summed E-state index contributed by atoms with van der Waals surface area (Å²) in [5.74, 6) is 0.310. The molecule has 1 aliphatic rings. The van der Waals surface area contributed by atoms with E-state index in [0.29, 0.717) is 13.1 Å². The van der Waals surface area contributed by atoms with Crippen LogP contribution in [0.3, 0.4) is 0 Å². The van der Waals surface area contributed by atoms with E-state index in [4.69, 9.17) is 0 Å². The lowest BCUT2D eigenvalue weighted by Gasteiger charge is -2.29. The molecule has 5 nitrogen and oxygen atoms in total. The minimum Gasteiger partial charge on any atom is -0.369 e. The SMILES string of the molecule is CC(C)CN(Cc1ccc(N2CCNCC2)cc1)S(=O)(=O)Cc1ccccc1. The Morgan fingerprint density at radius 2 is 1.61 bits per heavy atom. The standard InChI is InChI=1S/C22H31N3O2S/c1-19(2)16-25(28(26,27)18-21-6-4-3-5-7-21)17-20-8-10-22(11-9-20)24-14-12-23-13-15-24/h3-11,19,23H,12-18H2,1-2H3. The van der Waals surface area contributed by atoms with Crippen LogP contribution in [0.5, 0.6) is 0 Å². The number of nitrogens with one attached hydrogen (secondary N) is 1. The minimum atomic E-state index is -3.38. The van der Waals surface area contributed by atoms with E-state index in [1.807, 2.05) is 30.3 Å². The third-order valence-electron chi connectivity index (χ3n) is 4.93. The Bertz CT molecular complexity index is 830. The highest BCUT2D eigenvalue weighted by Crippen LogP contribution is 2.20. The summed E-state index contributed by atoms with van der Waals surface area (Å²) in [6, 6.07) is 17.7. The second kappa shape index (κ2) is 9.54. The summed E-state index contributed by atoms with van der Waals surface area (Å²) in [7, 11) is -3.38. The molecule has 6 heteroatoms. The number of anilines is 1. The predicted molar refractivity (Wildman–Crippen MR) is 116 cm³/mol. The van der Waals surface area contributed by atoms with Crippen molar-refractivity contribution in [2.45, 2.75) is 26.1 Å². The zero-order chi connectivity index (χ0) is 20.0. The summed E-state index contributed by atoms with van der Waals surface area (Å²) >= 11 is 0. The Kier molecular flexibility index (Phi) is 7.10. The summed E-state index contributed by atoms with van der Waals surface area (Å²) in [4.78, 5) is 2.36. The Balaban J connectivity index is 1.72. The highest BCUT2D eigenvalue weighted by Gasteiger charge is 2.24. The van der Waals surface area contributed by atoms with Crippen molar-refractivity contribution in [3.8, 4) is 0 Å². The lowest BCUT2D eigenvalue weighted by atomic mass is 10.1. The summed E-state index contributed by atoms with van der Waals surface area (Å²) in [5.41, 5.74) is 3.05. The van der Waals surface area contributed by atoms with Crippen LogP contribution in [0.4, 0.5) is 5.69 Å². The molecule has 1 saturated heterocycles. The van der Waals surface area contributed by atoms with Gasteiger partial charge in [0.05, 0.1) is 5.75 Å². The molecule has 0 saturated carbocycles. The number of sulfonamides is 1. The zero-order valence-corrected chi connectivity index (χ0v) is 17.7. The van der Waals surface area contributed by atoms with Crippen molar-refractivity contribution in [1.82, 2.24) is 9.62 Å². The number of hydrogen-bond donors (Lipinski definition) is 1. The highest BCUT2D eigenvalue weighted by molar-refractivity contribution is 7.88. The molecule has 2 aromatic rings. The van der Waals surface area contributed by atoms with E-state index in [2.05, 4.69) is 48.3 Å². The average molecular weight is 402 g/mol. The van der Waals surface area contributed by atoms with Crippen LogP contribution in [0.25, 0.3) is 0 Å². The second-order valence-electron chi connectivity index (χ2n) is 7.83. The predicted octanol–water partition coefficient (Wildman–Crippen LogP) is 3.08. The Hall–Kier alpha value is -1.89. The molecule has 1 aliphatic heterocycles. The zero-order valence-electron chi connectivity index (χ0n) is 16.8. The van der Waals surface area contributed by atoms with Gasteiger partial charge in [0.25, 0.3) is 0 Å². The first-order valence-corrected chi connectivity index (χ1v) is 11.6. The van der Waals surface area contributed by atoms with E-state index in [1.54, 1.807) is 4.31 Å². The van der Waals surface area contributed by atoms with Crippen LogP contribution in [0.2, 0.25) is 0 Å². The van der Waals surface area contributed by atoms with Gasteiger partial charge < -0.3 is 10.2 Å². The van der Waals surface area contributed by atoms with Crippen molar-refractivity contribution in [1.29, 1.82) is 0 Å². The third kappa shape index (κ3) is 5.80. The second-order valence-corrected chi connectivity index (χ2v) is 9.80. The van der Waals surface area contributed by atoms with Gasteiger partial charge in [0.1, 0.15) is 0 Å². The fourth-order valence-electron chi connectivity index (χ4n) is 3.50. The number of hydrogen-bond acceptors (Lipinski definition) is 4. The maximum absolute atomic E-state index is 13.1. The number of benzene rings is 2. The molecule has 0 unspecified atom stereocenters. The van der Waals surface area contributed by atoms with Crippen LogP contribution in [0.15, 0.2) is 54.6 Å². The first-order valence-electron chi connectivity index (χ1n) is 10.0. The molecule has 152 valence electrons. The molecule has 0 atom stereocenters. The molecule has 2 aromatic carbocycles. The van der Waals surface area contributed by atoms with Gasteiger partial charge in [-0.2, -0.15) is 4.31 Å². The van der Waals surface area contributed by atoms with E-state index in [1.165, 1.54) is 5.69 Å². The van der Waals surface area contributed by atoms with Crippen LogP contribution in [0.1, 0.15) is 25.0 Å². The van der Waals surface area contributed by atoms with Gasteiger partial charge in [0.15, 0.2) is 0 Å². The number of piperazine rings is 1. The Morgan fingerprint density at radius 1 is 0.964 bits per heavy atom. The van der Waals surface area contributed by atoms with Crippen LogP contribution >= 0.6 is 0 Å². The molecular weight excluding hydrogens is 370 g/mol. The lowest BCUT2D eigenvalue weighted by molar-refractivity contribution is 0.361. The van der Waals surface area contributed by atoms with E-state index < -0.39 is 10.0 Å². The van der Waals surface area contributed by atoms with Crippen LogP contribution in [-0.4, -0.2) is 45.4 Å². The molecule has 28 heavy (non-hydrogen) atoms. The van der Waals surface area contributed by atoms with Crippen LogP contribution < -0.4 is 10.2 Å². The molecule has 0 radical (unpaired) electrons. The molecule has 0 bridgehead atoms. The van der Waals surface area contributed by atoms with Crippen LogP contribution in [-0.2, 0) is 22.3 Å².